The third-order valence-electron chi connectivity index (χ3n) is 3.84. The van der Waals surface area contributed by atoms with Crippen molar-refractivity contribution in [2.24, 2.45) is 5.92 Å². The van der Waals surface area contributed by atoms with Crippen LogP contribution in [0.1, 0.15) is 29.8 Å². The van der Waals surface area contributed by atoms with E-state index in [0.29, 0.717) is 17.0 Å². The number of nitriles is 1. The molecule has 5 heteroatoms. The van der Waals surface area contributed by atoms with Gasteiger partial charge >= 0.3 is 0 Å². The lowest BCUT2D eigenvalue weighted by molar-refractivity contribution is 0.0325. The van der Waals surface area contributed by atoms with Crippen LogP contribution in [0.3, 0.4) is 0 Å². The molecule has 0 aliphatic carbocycles. The molecule has 1 saturated heterocycles. The average Bonchev–Trinajstić information content (AvgIpc) is 2.53. The minimum absolute atomic E-state index is 0.00724. The van der Waals surface area contributed by atoms with Gasteiger partial charge < -0.3 is 10.1 Å². The van der Waals surface area contributed by atoms with Crippen molar-refractivity contribution >= 4 is 11.5 Å². The van der Waals surface area contributed by atoms with Crippen LogP contribution in [0.25, 0.3) is 0 Å². The summed E-state index contributed by atoms with van der Waals surface area (Å²) in [6, 6.07) is 7.26. The Morgan fingerprint density at radius 1 is 1.45 bits per heavy atom. The van der Waals surface area contributed by atoms with E-state index in [9.17, 15) is 4.79 Å². The molecular weight excluding hydrogens is 278 g/mol. The Labute approximate surface area is 131 Å². The fourth-order valence-corrected chi connectivity index (χ4v) is 2.64. The number of carbonyl (C=O) groups is 1. The van der Waals surface area contributed by atoms with Crippen molar-refractivity contribution in [2.45, 2.75) is 13.8 Å². The van der Waals surface area contributed by atoms with Gasteiger partial charge in [0.05, 0.1) is 24.8 Å². The van der Waals surface area contributed by atoms with Crippen LogP contribution in [0.4, 0.5) is 5.69 Å². The largest absolute Gasteiger partial charge is 0.384 e. The third kappa shape index (κ3) is 4.55. The SMILES string of the molecule is CC(=O)c1ccc(C#N)cc1NCC(C)CN1CCOCC1. The first kappa shape index (κ1) is 16.5. The number of hydrogen-bond donors (Lipinski definition) is 1. The quantitative estimate of drug-likeness (QED) is 0.816. The smallest absolute Gasteiger partial charge is 0.161 e. The summed E-state index contributed by atoms with van der Waals surface area (Å²) in [6.45, 7) is 9.07. The van der Waals surface area contributed by atoms with Gasteiger partial charge in [0.2, 0.25) is 0 Å². The van der Waals surface area contributed by atoms with Gasteiger partial charge in [-0.15, -0.1) is 0 Å². The molecular formula is C17H23N3O2. The molecule has 0 bridgehead atoms. The standard InChI is InChI=1S/C17H23N3O2/c1-13(12-20-5-7-22-8-6-20)11-19-17-9-15(10-18)3-4-16(17)14(2)21/h3-4,9,13,19H,5-8,11-12H2,1-2H3. The maximum Gasteiger partial charge on any atom is 0.161 e. The van der Waals surface area contributed by atoms with Gasteiger partial charge in [0.25, 0.3) is 0 Å². The van der Waals surface area contributed by atoms with E-state index in [-0.39, 0.29) is 5.78 Å². The van der Waals surface area contributed by atoms with Crippen LogP contribution in [0, 0.1) is 17.2 Å². The zero-order valence-corrected chi connectivity index (χ0v) is 13.3. The minimum Gasteiger partial charge on any atom is -0.384 e. The highest BCUT2D eigenvalue weighted by Crippen LogP contribution is 2.19. The Kier molecular flexibility index (Phi) is 5.93. The number of hydrogen-bond acceptors (Lipinski definition) is 5. The average molecular weight is 301 g/mol. The fraction of sp³-hybridized carbons (Fsp3) is 0.529. The van der Waals surface area contributed by atoms with Crippen LogP contribution >= 0.6 is 0 Å². The van der Waals surface area contributed by atoms with E-state index in [0.717, 1.165) is 45.1 Å². The first-order valence-corrected chi connectivity index (χ1v) is 7.69. The number of ketones is 1. The summed E-state index contributed by atoms with van der Waals surface area (Å²) in [7, 11) is 0. The number of ether oxygens (including phenoxy) is 1. The van der Waals surface area contributed by atoms with E-state index in [1.807, 2.05) is 0 Å². The highest BCUT2D eigenvalue weighted by molar-refractivity contribution is 5.99. The molecule has 0 spiro atoms. The number of nitrogens with one attached hydrogen (secondary N) is 1. The normalized spacial score (nSPS) is 16.8. The van der Waals surface area contributed by atoms with Crippen molar-refractivity contribution in [2.75, 3.05) is 44.7 Å². The predicted octanol–water partition coefficient (Wildman–Crippen LogP) is 2.14. The predicted molar refractivity (Wildman–Crippen MR) is 86.1 cm³/mol. The molecule has 0 amide bonds. The maximum atomic E-state index is 11.7. The topological polar surface area (TPSA) is 65.4 Å². The Morgan fingerprint density at radius 2 is 2.18 bits per heavy atom. The molecule has 22 heavy (non-hydrogen) atoms. The molecule has 1 unspecified atom stereocenters. The molecule has 1 N–H and O–H groups in total. The lowest BCUT2D eigenvalue weighted by Crippen LogP contribution is -2.40. The summed E-state index contributed by atoms with van der Waals surface area (Å²) in [5, 5.41) is 12.3. The van der Waals surface area contributed by atoms with Crippen molar-refractivity contribution in [3.8, 4) is 6.07 Å². The number of Topliss-reactive ketones (excluding diaryl/α,β-unsaturated/α-hetero) is 1. The zero-order valence-electron chi connectivity index (χ0n) is 13.3. The molecule has 0 radical (unpaired) electrons. The summed E-state index contributed by atoms with van der Waals surface area (Å²) < 4.78 is 5.35. The summed E-state index contributed by atoms with van der Waals surface area (Å²) in [4.78, 5) is 14.1. The molecule has 1 aliphatic heterocycles. The second-order valence-electron chi connectivity index (χ2n) is 5.83. The molecule has 1 heterocycles. The molecule has 1 aromatic rings. The zero-order chi connectivity index (χ0) is 15.9. The van der Waals surface area contributed by atoms with E-state index in [1.54, 1.807) is 25.1 Å². The van der Waals surface area contributed by atoms with Crippen LogP contribution in [0.5, 0.6) is 0 Å². The Bertz CT molecular complexity index is 560. The highest BCUT2D eigenvalue weighted by atomic mass is 16.5. The molecule has 1 aromatic carbocycles. The Hall–Kier alpha value is -1.90. The van der Waals surface area contributed by atoms with Crippen LogP contribution in [-0.2, 0) is 4.74 Å². The second kappa shape index (κ2) is 7.92. The first-order valence-electron chi connectivity index (χ1n) is 7.69. The van der Waals surface area contributed by atoms with Crippen molar-refractivity contribution in [1.82, 2.24) is 4.90 Å². The van der Waals surface area contributed by atoms with Gasteiger partial charge in [0, 0.05) is 37.4 Å². The van der Waals surface area contributed by atoms with Gasteiger partial charge in [-0.3, -0.25) is 9.69 Å². The number of nitrogens with zero attached hydrogens (tertiary/aromatic N) is 2. The van der Waals surface area contributed by atoms with E-state index in [1.165, 1.54) is 0 Å². The number of anilines is 1. The van der Waals surface area contributed by atoms with Crippen LogP contribution in [-0.4, -0.2) is 50.1 Å². The number of rotatable bonds is 6. The van der Waals surface area contributed by atoms with Crippen LogP contribution in [0.2, 0.25) is 0 Å². The summed E-state index contributed by atoms with van der Waals surface area (Å²) >= 11 is 0. The lowest BCUT2D eigenvalue weighted by Gasteiger charge is -2.29. The molecule has 1 aliphatic rings. The van der Waals surface area contributed by atoms with Crippen molar-refractivity contribution < 1.29 is 9.53 Å². The lowest BCUT2D eigenvalue weighted by atomic mass is 10.1. The first-order chi connectivity index (χ1) is 10.6. The van der Waals surface area contributed by atoms with Crippen molar-refractivity contribution in [1.29, 1.82) is 5.26 Å². The van der Waals surface area contributed by atoms with Gasteiger partial charge in [-0.25, -0.2) is 0 Å². The molecule has 1 fully saturated rings. The number of carbonyl (C=O) groups excluding carboxylic acids is 1. The van der Waals surface area contributed by atoms with E-state index >= 15 is 0 Å². The van der Waals surface area contributed by atoms with E-state index < -0.39 is 0 Å². The van der Waals surface area contributed by atoms with Gasteiger partial charge in [0.1, 0.15) is 0 Å². The fourth-order valence-electron chi connectivity index (χ4n) is 2.64. The molecule has 2 rings (SSSR count). The van der Waals surface area contributed by atoms with Gasteiger partial charge in [-0.2, -0.15) is 5.26 Å². The summed E-state index contributed by atoms with van der Waals surface area (Å²) in [5.41, 5.74) is 1.95. The van der Waals surface area contributed by atoms with Gasteiger partial charge in [0.15, 0.2) is 5.78 Å². The minimum atomic E-state index is 0.00724. The van der Waals surface area contributed by atoms with Crippen LogP contribution in [0.15, 0.2) is 18.2 Å². The molecule has 118 valence electrons. The Balaban J connectivity index is 1.94. The summed E-state index contributed by atoms with van der Waals surface area (Å²) in [5.74, 6) is 0.455. The molecule has 0 aromatic heterocycles. The second-order valence-corrected chi connectivity index (χ2v) is 5.83. The van der Waals surface area contributed by atoms with Crippen LogP contribution < -0.4 is 5.32 Å². The molecule has 0 saturated carbocycles. The van der Waals surface area contributed by atoms with Gasteiger partial charge in [-0.1, -0.05) is 6.92 Å². The molecule has 1 atom stereocenters. The third-order valence-corrected chi connectivity index (χ3v) is 3.84. The highest BCUT2D eigenvalue weighted by Gasteiger charge is 2.14. The van der Waals surface area contributed by atoms with E-state index in [4.69, 9.17) is 10.00 Å². The molecule has 5 nitrogen and oxygen atoms in total. The van der Waals surface area contributed by atoms with E-state index in [2.05, 4.69) is 23.2 Å². The van der Waals surface area contributed by atoms with Gasteiger partial charge in [-0.05, 0) is 31.0 Å². The summed E-state index contributed by atoms with van der Waals surface area (Å²) in [6.07, 6.45) is 0. The Morgan fingerprint density at radius 3 is 2.82 bits per heavy atom. The van der Waals surface area contributed by atoms with Crippen molar-refractivity contribution in [3.63, 3.8) is 0 Å². The maximum absolute atomic E-state index is 11.7. The monoisotopic (exact) mass is 301 g/mol. The van der Waals surface area contributed by atoms with Crippen molar-refractivity contribution in [3.05, 3.63) is 29.3 Å². The number of morpholine rings is 1. The number of benzene rings is 1.